The third-order valence-electron chi connectivity index (χ3n) is 7.51. The van der Waals surface area contributed by atoms with Crippen molar-refractivity contribution < 1.29 is 38.2 Å². The summed E-state index contributed by atoms with van der Waals surface area (Å²) in [5.41, 5.74) is 8.69. The molecule has 4 rings (SSSR count). The van der Waals surface area contributed by atoms with Crippen LogP contribution in [-0.2, 0) is 38.2 Å². The number of fused-ring (bicyclic) bond motifs is 1. The van der Waals surface area contributed by atoms with Crippen LogP contribution in [0.1, 0.15) is 61.8 Å². The molecule has 5 N–H and O–H groups in total. The summed E-state index contributed by atoms with van der Waals surface area (Å²) < 4.78 is 15.8. The van der Waals surface area contributed by atoms with Gasteiger partial charge in [0.05, 0.1) is 38.0 Å². The van der Waals surface area contributed by atoms with E-state index in [4.69, 9.17) is 30.2 Å². The quantitative estimate of drug-likeness (QED) is 0.0745. The van der Waals surface area contributed by atoms with Crippen LogP contribution >= 0.6 is 0 Å². The monoisotopic (exact) mass is 634 g/mol. The number of benzene rings is 2. The molecule has 2 amide bonds. The molecule has 0 spiro atoms. The highest BCUT2D eigenvalue weighted by Crippen LogP contribution is 2.35. The molecule has 0 bridgehead atoms. The van der Waals surface area contributed by atoms with E-state index in [-0.39, 0.29) is 24.6 Å². The first-order chi connectivity index (χ1) is 22.1. The van der Waals surface area contributed by atoms with Crippen LogP contribution in [-0.4, -0.2) is 74.1 Å². The molecule has 14 heteroatoms. The predicted octanol–water partition coefficient (Wildman–Crippen LogP) is 2.41. The highest BCUT2D eigenvalue weighted by atomic mass is 16.6. The van der Waals surface area contributed by atoms with Crippen molar-refractivity contribution in [1.82, 2.24) is 10.6 Å². The number of carbonyl (C=O) groups excluding carboxylic acids is 4. The van der Waals surface area contributed by atoms with Gasteiger partial charge in [-0.3, -0.25) is 24.6 Å². The number of hydrogen-bond donors (Lipinski definition) is 4. The van der Waals surface area contributed by atoms with Crippen molar-refractivity contribution in [1.29, 1.82) is 5.41 Å². The van der Waals surface area contributed by atoms with Gasteiger partial charge in [-0.2, -0.15) is 0 Å². The van der Waals surface area contributed by atoms with Crippen molar-refractivity contribution in [2.75, 3.05) is 20.8 Å². The van der Waals surface area contributed by atoms with Crippen LogP contribution in [0.25, 0.3) is 0 Å². The number of nitrogen functional groups attached to an aromatic ring is 1. The van der Waals surface area contributed by atoms with E-state index in [0.717, 1.165) is 19.1 Å². The van der Waals surface area contributed by atoms with Crippen molar-refractivity contribution >= 4 is 46.7 Å². The molecule has 14 nitrogen and oxygen atoms in total. The minimum absolute atomic E-state index is 0.0186. The molecule has 0 radical (unpaired) electrons. The van der Waals surface area contributed by atoms with Crippen molar-refractivity contribution in [3.63, 3.8) is 0 Å². The number of oxime groups is 1. The minimum atomic E-state index is -1.38. The molecule has 0 saturated heterocycles. The molecule has 3 unspecified atom stereocenters. The molecular formula is C32H38N6O8. The van der Waals surface area contributed by atoms with Gasteiger partial charge < -0.3 is 35.4 Å². The normalized spacial score (nSPS) is 17.8. The molecule has 46 heavy (non-hydrogen) atoms. The molecule has 0 aliphatic carbocycles. The molecule has 0 aromatic heterocycles. The number of amides is 2. The van der Waals surface area contributed by atoms with Crippen molar-refractivity contribution in [3.8, 4) is 0 Å². The maximum atomic E-state index is 13.6. The Morgan fingerprint density at radius 2 is 1.83 bits per heavy atom. The SMILES string of the molecule is CCCCOC(=O)CC(C(=O)OC)[C@H](NC(=O)CC1CC(c2ccc(C(=N)N)cc2)=NO1)NC(=O)C1=Nc2ccccc2C1OC. The standard InChI is InChI=1S/C32H38N6O8/c1-4-5-14-45-26(40)17-22(32(42)44-3)30(37-31(41)27-28(43-2)21-8-6-7-9-23(21)35-27)36-25(39)16-20-15-24(38-46-20)18-10-12-19(13-11-18)29(33)34/h6-13,20,22,28,30H,4-5,14-17H2,1-3H3,(H3,33,34)(H,36,39)(H,37,41)/t20?,22?,28?,30-/m1/s1. The van der Waals surface area contributed by atoms with Crippen LogP contribution in [0.2, 0.25) is 0 Å². The van der Waals surface area contributed by atoms with Crippen molar-refractivity contribution in [3.05, 3.63) is 65.2 Å². The maximum Gasteiger partial charge on any atom is 0.313 e. The Balaban J connectivity index is 1.49. The number of aliphatic imine (C=N–C) groups is 1. The Morgan fingerprint density at radius 1 is 1.09 bits per heavy atom. The molecule has 2 aliphatic rings. The number of para-hydroxylation sites is 1. The second kappa shape index (κ2) is 15.8. The Morgan fingerprint density at radius 3 is 2.50 bits per heavy atom. The number of nitrogens with two attached hydrogens (primary N) is 1. The van der Waals surface area contributed by atoms with Gasteiger partial charge in [0.2, 0.25) is 5.91 Å². The van der Waals surface area contributed by atoms with Gasteiger partial charge in [0.15, 0.2) is 0 Å². The maximum absolute atomic E-state index is 13.6. The number of methoxy groups -OCH3 is 2. The van der Waals surface area contributed by atoms with Crippen LogP contribution in [0.5, 0.6) is 0 Å². The van der Waals surface area contributed by atoms with Crippen LogP contribution in [0.3, 0.4) is 0 Å². The van der Waals surface area contributed by atoms with Crippen LogP contribution in [0.15, 0.2) is 58.7 Å². The molecule has 244 valence electrons. The van der Waals surface area contributed by atoms with Gasteiger partial charge in [0.1, 0.15) is 35.8 Å². The highest BCUT2D eigenvalue weighted by Gasteiger charge is 2.39. The second-order valence-corrected chi connectivity index (χ2v) is 10.8. The molecule has 0 saturated carbocycles. The van der Waals surface area contributed by atoms with E-state index in [1.165, 1.54) is 7.11 Å². The van der Waals surface area contributed by atoms with E-state index < -0.39 is 54.5 Å². The fourth-order valence-electron chi connectivity index (χ4n) is 5.05. The topological polar surface area (TPSA) is 204 Å². The number of ether oxygens (including phenoxy) is 3. The summed E-state index contributed by atoms with van der Waals surface area (Å²) in [6.45, 7) is 2.10. The Hall–Kier alpha value is -5.11. The number of unbranched alkanes of at least 4 members (excludes halogenated alkanes) is 1. The summed E-state index contributed by atoms with van der Waals surface area (Å²) in [5, 5.41) is 17.0. The highest BCUT2D eigenvalue weighted by molar-refractivity contribution is 6.42. The first-order valence-electron chi connectivity index (χ1n) is 14.9. The summed E-state index contributed by atoms with van der Waals surface area (Å²) in [6.07, 6.45) is -1.70. The molecule has 2 aromatic rings. The van der Waals surface area contributed by atoms with Gasteiger partial charge in [-0.25, -0.2) is 4.99 Å². The van der Waals surface area contributed by atoms with Crippen molar-refractivity contribution in [2.45, 2.75) is 57.4 Å². The zero-order chi connectivity index (χ0) is 33.2. The first-order valence-corrected chi connectivity index (χ1v) is 14.9. The first kappa shape index (κ1) is 33.8. The molecule has 2 aliphatic heterocycles. The number of nitrogens with one attached hydrogen (secondary N) is 3. The number of carbonyl (C=O) groups is 4. The van der Waals surface area contributed by atoms with E-state index in [0.29, 0.717) is 35.4 Å². The van der Waals surface area contributed by atoms with Gasteiger partial charge in [-0.05, 0) is 18.1 Å². The summed E-state index contributed by atoms with van der Waals surface area (Å²) in [5.74, 6) is -4.20. The number of nitrogens with zero attached hydrogens (tertiary/aromatic N) is 2. The predicted molar refractivity (Wildman–Crippen MR) is 167 cm³/mol. The summed E-state index contributed by atoms with van der Waals surface area (Å²) in [4.78, 5) is 62.5. The molecule has 0 fully saturated rings. The number of rotatable bonds is 15. The van der Waals surface area contributed by atoms with E-state index in [2.05, 4.69) is 20.8 Å². The zero-order valence-corrected chi connectivity index (χ0v) is 25.9. The van der Waals surface area contributed by atoms with Gasteiger partial charge in [-0.15, -0.1) is 0 Å². The lowest BCUT2D eigenvalue weighted by atomic mass is 9.99. The van der Waals surface area contributed by atoms with Crippen LogP contribution in [0.4, 0.5) is 5.69 Å². The number of amidine groups is 1. The van der Waals surface area contributed by atoms with E-state index in [1.54, 1.807) is 48.5 Å². The third kappa shape index (κ3) is 8.33. The van der Waals surface area contributed by atoms with Crippen molar-refractivity contribution in [2.24, 2.45) is 21.8 Å². The lowest BCUT2D eigenvalue weighted by molar-refractivity contribution is -0.155. The fourth-order valence-corrected chi connectivity index (χ4v) is 5.05. The minimum Gasteiger partial charge on any atom is -0.469 e. The zero-order valence-electron chi connectivity index (χ0n) is 25.9. The summed E-state index contributed by atoms with van der Waals surface area (Å²) >= 11 is 0. The summed E-state index contributed by atoms with van der Waals surface area (Å²) in [6, 6.07) is 14.0. The Bertz CT molecular complexity index is 1520. The van der Waals surface area contributed by atoms with Gasteiger partial charge >= 0.3 is 11.9 Å². The smallest absolute Gasteiger partial charge is 0.313 e. The Labute approximate surface area is 266 Å². The Kier molecular flexibility index (Phi) is 11.6. The molecule has 2 heterocycles. The number of esters is 2. The lowest BCUT2D eigenvalue weighted by Crippen LogP contribution is -2.57. The van der Waals surface area contributed by atoms with E-state index >= 15 is 0 Å². The summed E-state index contributed by atoms with van der Waals surface area (Å²) in [7, 11) is 2.58. The number of hydrogen-bond acceptors (Lipinski definition) is 11. The van der Waals surface area contributed by atoms with Gasteiger partial charge in [0.25, 0.3) is 5.91 Å². The lowest BCUT2D eigenvalue weighted by Gasteiger charge is -2.27. The van der Waals surface area contributed by atoms with Gasteiger partial charge in [-0.1, -0.05) is 61.0 Å². The third-order valence-corrected chi connectivity index (χ3v) is 7.51. The van der Waals surface area contributed by atoms with E-state index in [9.17, 15) is 19.2 Å². The second-order valence-electron chi connectivity index (χ2n) is 10.8. The van der Waals surface area contributed by atoms with Gasteiger partial charge in [0, 0.05) is 24.7 Å². The average molecular weight is 635 g/mol. The largest absolute Gasteiger partial charge is 0.469 e. The molecular weight excluding hydrogens is 596 g/mol. The fraction of sp³-hybridized carbons (Fsp3) is 0.406. The molecule has 2 aromatic carbocycles. The van der Waals surface area contributed by atoms with E-state index in [1.807, 2.05) is 6.92 Å². The van der Waals surface area contributed by atoms with Crippen LogP contribution < -0.4 is 16.4 Å². The molecule has 4 atom stereocenters. The average Bonchev–Trinajstić information content (AvgIpc) is 3.67. The van der Waals surface area contributed by atoms with Crippen LogP contribution in [0, 0.1) is 11.3 Å².